The van der Waals surface area contributed by atoms with Gasteiger partial charge in [0, 0.05) is 38.7 Å². The van der Waals surface area contributed by atoms with Crippen LogP contribution in [0, 0.1) is 10.1 Å². The Hall–Kier alpha value is -4.24. The summed E-state index contributed by atoms with van der Waals surface area (Å²) in [4.78, 5) is 42.2. The number of carbonyl (C=O) groups is 2. The summed E-state index contributed by atoms with van der Waals surface area (Å²) in [7, 11) is 0. The summed E-state index contributed by atoms with van der Waals surface area (Å²) in [6, 6.07) is 20.9. The van der Waals surface area contributed by atoms with Gasteiger partial charge in [0.15, 0.2) is 6.61 Å². The molecule has 4 aromatic rings. The van der Waals surface area contributed by atoms with Crippen molar-refractivity contribution in [1.29, 1.82) is 0 Å². The molecule has 0 aliphatic heterocycles. The third-order valence-corrected chi connectivity index (χ3v) is 6.89. The zero-order valence-electron chi connectivity index (χ0n) is 19.1. The molecule has 0 fully saturated rings. The number of fused-ring (bicyclic) bond motifs is 2. The number of para-hydroxylation sites is 1. The first-order valence-electron chi connectivity index (χ1n) is 11.4. The minimum Gasteiger partial charge on any atom is -0.452 e. The number of benzene rings is 3. The van der Waals surface area contributed by atoms with Crippen molar-refractivity contribution in [3.63, 3.8) is 0 Å². The van der Waals surface area contributed by atoms with E-state index in [1.807, 2.05) is 36.4 Å². The molecule has 3 aromatic carbocycles. The highest BCUT2D eigenvalue weighted by Crippen LogP contribution is 2.31. The van der Waals surface area contributed by atoms with E-state index < -0.39 is 23.4 Å². The highest BCUT2D eigenvalue weighted by Gasteiger charge is 2.25. The number of carbonyl (C=O) groups excluding carboxylic acids is 2. The lowest BCUT2D eigenvalue weighted by Gasteiger charge is -2.12. The molecule has 0 unspecified atom stereocenters. The van der Waals surface area contributed by atoms with Gasteiger partial charge in [0.05, 0.1) is 16.0 Å². The zero-order chi connectivity index (χ0) is 25.1. The summed E-state index contributed by atoms with van der Waals surface area (Å²) in [5.74, 6) is -0.953. The van der Waals surface area contributed by atoms with Gasteiger partial charge >= 0.3 is 5.97 Å². The number of pyridine rings is 1. The summed E-state index contributed by atoms with van der Waals surface area (Å²) in [6.45, 7) is -0.399. The highest BCUT2D eigenvalue weighted by atomic mass is 32.2. The number of hydrogen-bond donors (Lipinski definition) is 1. The number of esters is 1. The number of hydrogen-bond acceptors (Lipinski definition) is 7. The second-order valence-corrected chi connectivity index (χ2v) is 9.43. The third kappa shape index (κ3) is 5.06. The summed E-state index contributed by atoms with van der Waals surface area (Å²) in [5, 5.41) is 14.3. The minimum atomic E-state index is -0.517. The molecule has 8 nitrogen and oxygen atoms in total. The van der Waals surface area contributed by atoms with Crippen LogP contribution in [0.25, 0.3) is 10.9 Å². The van der Waals surface area contributed by atoms with Crippen LogP contribution in [0.5, 0.6) is 0 Å². The Morgan fingerprint density at radius 3 is 2.39 bits per heavy atom. The molecular formula is C27H21N3O5S. The first-order chi connectivity index (χ1) is 17.5. The van der Waals surface area contributed by atoms with Gasteiger partial charge in [-0.15, -0.1) is 0 Å². The molecule has 0 saturated heterocycles. The van der Waals surface area contributed by atoms with Crippen LogP contribution in [0.2, 0.25) is 0 Å². The van der Waals surface area contributed by atoms with Crippen molar-refractivity contribution in [3.05, 3.63) is 99.7 Å². The largest absolute Gasteiger partial charge is 0.452 e. The molecule has 1 N–H and O–H groups in total. The van der Waals surface area contributed by atoms with Crippen molar-refractivity contribution in [2.75, 3.05) is 11.9 Å². The third-order valence-electron chi connectivity index (χ3n) is 5.88. The molecule has 9 heteroatoms. The molecule has 5 rings (SSSR count). The van der Waals surface area contributed by atoms with Crippen molar-refractivity contribution < 1.29 is 19.2 Å². The average Bonchev–Trinajstić information content (AvgIpc) is 3.35. The van der Waals surface area contributed by atoms with Gasteiger partial charge in [-0.25, -0.2) is 4.79 Å². The van der Waals surface area contributed by atoms with Gasteiger partial charge in [-0.3, -0.25) is 19.9 Å². The number of nitro benzene ring substituents is 1. The number of ether oxygens (including phenoxy) is 1. The summed E-state index contributed by atoms with van der Waals surface area (Å²) in [6.07, 6.45) is 2.55. The molecule has 1 aromatic heterocycles. The smallest absolute Gasteiger partial charge is 0.339 e. The highest BCUT2D eigenvalue weighted by molar-refractivity contribution is 7.99. The molecule has 180 valence electrons. The van der Waals surface area contributed by atoms with Crippen molar-refractivity contribution in [2.24, 2.45) is 0 Å². The number of aromatic nitrogens is 1. The Balaban J connectivity index is 1.20. The fourth-order valence-electron chi connectivity index (χ4n) is 4.22. The van der Waals surface area contributed by atoms with Gasteiger partial charge in [0.2, 0.25) is 0 Å². The van der Waals surface area contributed by atoms with Gasteiger partial charge in [-0.2, -0.15) is 0 Å². The Labute approximate surface area is 210 Å². The van der Waals surface area contributed by atoms with Crippen LogP contribution in [0.15, 0.2) is 82.6 Å². The van der Waals surface area contributed by atoms with E-state index in [4.69, 9.17) is 4.74 Å². The van der Waals surface area contributed by atoms with E-state index in [1.54, 1.807) is 24.3 Å². The van der Waals surface area contributed by atoms with Crippen LogP contribution < -0.4 is 5.32 Å². The summed E-state index contributed by atoms with van der Waals surface area (Å²) >= 11 is 1.45. The van der Waals surface area contributed by atoms with Crippen LogP contribution in [0.3, 0.4) is 0 Å². The first-order valence-corrected chi connectivity index (χ1v) is 12.2. The molecule has 1 aliphatic rings. The Morgan fingerprint density at radius 2 is 1.67 bits per heavy atom. The second-order valence-electron chi connectivity index (χ2n) is 8.28. The quantitative estimate of drug-likeness (QED) is 0.201. The van der Waals surface area contributed by atoms with Crippen LogP contribution in [-0.2, 0) is 22.4 Å². The van der Waals surface area contributed by atoms with E-state index in [0.29, 0.717) is 11.3 Å². The predicted octanol–water partition coefficient (Wildman–Crippen LogP) is 5.58. The maximum Gasteiger partial charge on any atom is 0.339 e. The molecule has 1 aliphatic carbocycles. The van der Waals surface area contributed by atoms with Gasteiger partial charge in [0.1, 0.15) is 0 Å². The number of aryl methyl sites for hydroxylation is 1. The van der Waals surface area contributed by atoms with E-state index in [1.165, 1.54) is 23.9 Å². The molecule has 0 spiro atoms. The standard InChI is InChI=1S/C27H21N3O5S/c31-25(28-17-8-12-19(13-9-17)36-20-14-10-18(11-15-20)30(33)34)16-35-27(32)26-21-4-1-2-6-23(21)29-24-7-3-5-22(24)26/h1-2,4,6,8-15H,3,5,7,16H2,(H,28,31). The molecule has 0 saturated carbocycles. The van der Waals surface area contributed by atoms with Crippen molar-refractivity contribution in [1.82, 2.24) is 4.98 Å². The van der Waals surface area contributed by atoms with E-state index in [2.05, 4.69) is 10.3 Å². The fraction of sp³-hybridized carbons (Fsp3) is 0.148. The molecule has 1 amide bonds. The zero-order valence-corrected chi connectivity index (χ0v) is 19.9. The molecule has 0 atom stereocenters. The van der Waals surface area contributed by atoms with Crippen LogP contribution in [0.1, 0.15) is 28.0 Å². The van der Waals surface area contributed by atoms with E-state index in [0.717, 1.165) is 51.2 Å². The Kier molecular flexibility index (Phi) is 6.64. The molecule has 1 heterocycles. The average molecular weight is 500 g/mol. The number of rotatable bonds is 7. The van der Waals surface area contributed by atoms with Crippen LogP contribution >= 0.6 is 11.8 Å². The Morgan fingerprint density at radius 1 is 0.972 bits per heavy atom. The lowest BCUT2D eigenvalue weighted by Crippen LogP contribution is -2.21. The number of amides is 1. The Bertz CT molecular complexity index is 1470. The minimum absolute atomic E-state index is 0.0413. The SMILES string of the molecule is O=C(COC(=O)c1c2c(nc3ccccc13)CCC2)Nc1ccc(Sc2ccc([N+](=O)[O-])cc2)cc1. The first kappa shape index (κ1) is 23.5. The van der Waals surface area contributed by atoms with Gasteiger partial charge in [-0.1, -0.05) is 30.0 Å². The van der Waals surface area contributed by atoms with E-state index >= 15 is 0 Å². The van der Waals surface area contributed by atoms with Crippen molar-refractivity contribution in [2.45, 2.75) is 29.1 Å². The molecule has 36 heavy (non-hydrogen) atoms. The fourth-order valence-corrected chi connectivity index (χ4v) is 5.04. The molecule has 0 bridgehead atoms. The molecular weight excluding hydrogens is 478 g/mol. The normalized spacial score (nSPS) is 12.2. The van der Waals surface area contributed by atoms with Gasteiger partial charge in [0.25, 0.3) is 11.6 Å². The lowest BCUT2D eigenvalue weighted by molar-refractivity contribution is -0.384. The monoisotopic (exact) mass is 499 g/mol. The number of nitrogens with zero attached hydrogens (tertiary/aromatic N) is 2. The molecule has 0 radical (unpaired) electrons. The number of nitrogens with one attached hydrogen (secondary N) is 1. The van der Waals surface area contributed by atoms with Crippen molar-refractivity contribution >= 4 is 45.9 Å². The van der Waals surface area contributed by atoms with Gasteiger partial charge < -0.3 is 10.1 Å². The maximum absolute atomic E-state index is 13.0. The van der Waals surface area contributed by atoms with Gasteiger partial charge in [-0.05, 0) is 67.3 Å². The summed E-state index contributed by atoms with van der Waals surface area (Å²) < 4.78 is 5.39. The number of non-ortho nitro benzene ring substituents is 1. The van der Waals surface area contributed by atoms with Crippen LogP contribution in [0.4, 0.5) is 11.4 Å². The summed E-state index contributed by atoms with van der Waals surface area (Å²) in [5.41, 5.74) is 3.71. The number of nitro groups is 1. The topological polar surface area (TPSA) is 111 Å². The lowest BCUT2D eigenvalue weighted by atomic mass is 10.0. The van der Waals surface area contributed by atoms with Crippen molar-refractivity contribution in [3.8, 4) is 0 Å². The maximum atomic E-state index is 13.0. The van der Waals surface area contributed by atoms with E-state index in [-0.39, 0.29) is 5.69 Å². The number of anilines is 1. The second kappa shape index (κ2) is 10.2. The predicted molar refractivity (Wildman–Crippen MR) is 136 cm³/mol. The van der Waals surface area contributed by atoms with Crippen LogP contribution in [-0.4, -0.2) is 28.4 Å². The van der Waals surface area contributed by atoms with E-state index in [9.17, 15) is 19.7 Å².